The quantitative estimate of drug-likeness (QED) is 0.812. The molecule has 2 aliphatic rings. The Hall–Kier alpha value is -1.39. The number of benzene rings is 1. The van der Waals surface area contributed by atoms with Gasteiger partial charge in [-0.1, -0.05) is 49.6 Å². The van der Waals surface area contributed by atoms with Crippen LogP contribution >= 0.6 is 0 Å². The van der Waals surface area contributed by atoms with E-state index in [0.29, 0.717) is 19.5 Å². The highest BCUT2D eigenvalue weighted by atomic mass is 16.3. The van der Waals surface area contributed by atoms with Crippen molar-refractivity contribution in [3.05, 3.63) is 35.9 Å². The van der Waals surface area contributed by atoms with Gasteiger partial charge in [0.2, 0.25) is 5.91 Å². The van der Waals surface area contributed by atoms with Crippen LogP contribution in [0.2, 0.25) is 0 Å². The van der Waals surface area contributed by atoms with Crippen molar-refractivity contribution >= 4 is 5.91 Å². The summed E-state index contributed by atoms with van der Waals surface area (Å²) in [4.78, 5) is 14.3. The van der Waals surface area contributed by atoms with Gasteiger partial charge in [0, 0.05) is 32.1 Å². The van der Waals surface area contributed by atoms with E-state index in [9.17, 15) is 9.90 Å². The number of aliphatic hydroxyl groups excluding tert-OH is 1. The molecule has 0 aromatic heterocycles. The second kappa shape index (κ2) is 7.93. The molecule has 1 aromatic carbocycles. The fraction of sp³-hybridized carbons (Fsp3) is 0.632. The molecule has 2 fully saturated rings. The third-order valence-electron chi connectivity index (χ3n) is 5.27. The van der Waals surface area contributed by atoms with E-state index in [-0.39, 0.29) is 18.1 Å². The zero-order valence-corrected chi connectivity index (χ0v) is 13.8. The number of β-amino-alcohol motifs (C(OH)–C–C–N with tert-alkyl or cyclic N) is 1. The molecule has 0 radical (unpaired) electrons. The third-order valence-corrected chi connectivity index (χ3v) is 5.27. The summed E-state index contributed by atoms with van der Waals surface area (Å²) in [5.74, 6) is 0.946. The summed E-state index contributed by atoms with van der Waals surface area (Å²) in [6.45, 7) is 2.17. The van der Waals surface area contributed by atoms with E-state index in [4.69, 9.17) is 0 Å². The second-order valence-corrected chi connectivity index (χ2v) is 7.10. The molecule has 0 spiro atoms. The number of carbonyl (C=O) groups excluding carboxylic acids is 1. The maximum absolute atomic E-state index is 12.0. The Morgan fingerprint density at radius 3 is 2.74 bits per heavy atom. The highest BCUT2D eigenvalue weighted by molar-refractivity contribution is 5.75. The van der Waals surface area contributed by atoms with Crippen molar-refractivity contribution in [2.75, 3.05) is 13.1 Å². The van der Waals surface area contributed by atoms with Gasteiger partial charge in [-0.05, 0) is 24.3 Å². The molecule has 0 bridgehead atoms. The summed E-state index contributed by atoms with van der Waals surface area (Å²) in [7, 11) is 0. The van der Waals surface area contributed by atoms with Gasteiger partial charge in [-0.25, -0.2) is 0 Å². The Labute approximate surface area is 138 Å². The van der Waals surface area contributed by atoms with E-state index in [1.54, 1.807) is 0 Å². The monoisotopic (exact) mass is 316 g/mol. The lowest BCUT2D eigenvalue weighted by Gasteiger charge is -2.26. The Kier molecular flexibility index (Phi) is 5.68. The molecule has 4 heteroatoms. The van der Waals surface area contributed by atoms with Gasteiger partial charge < -0.3 is 10.4 Å². The van der Waals surface area contributed by atoms with Gasteiger partial charge in [0.15, 0.2) is 0 Å². The fourth-order valence-electron chi connectivity index (χ4n) is 3.62. The minimum Gasteiger partial charge on any atom is -0.392 e. The van der Waals surface area contributed by atoms with Gasteiger partial charge in [0.25, 0.3) is 0 Å². The third kappa shape index (κ3) is 4.79. The lowest BCUT2D eigenvalue weighted by Crippen LogP contribution is -2.39. The zero-order chi connectivity index (χ0) is 16.1. The van der Waals surface area contributed by atoms with Crippen molar-refractivity contribution in [1.29, 1.82) is 0 Å². The minimum atomic E-state index is -0.282. The zero-order valence-electron chi connectivity index (χ0n) is 13.8. The molecule has 1 amide bonds. The van der Waals surface area contributed by atoms with E-state index >= 15 is 0 Å². The molecule has 23 heavy (non-hydrogen) atoms. The van der Waals surface area contributed by atoms with Crippen LogP contribution in [0.1, 0.15) is 44.1 Å². The van der Waals surface area contributed by atoms with E-state index in [0.717, 1.165) is 25.3 Å². The van der Waals surface area contributed by atoms with Crippen LogP contribution in [0.25, 0.3) is 0 Å². The number of carbonyl (C=O) groups is 1. The summed E-state index contributed by atoms with van der Waals surface area (Å²) in [5.41, 5.74) is 1.25. The number of nitrogens with one attached hydrogen (secondary N) is 1. The van der Waals surface area contributed by atoms with Crippen molar-refractivity contribution in [2.24, 2.45) is 5.92 Å². The Balaban J connectivity index is 1.44. The lowest BCUT2D eigenvalue weighted by molar-refractivity contribution is -0.121. The fourth-order valence-corrected chi connectivity index (χ4v) is 3.62. The van der Waals surface area contributed by atoms with Crippen LogP contribution in [0.4, 0.5) is 0 Å². The number of nitrogens with zero attached hydrogens (tertiary/aromatic N) is 1. The van der Waals surface area contributed by atoms with Gasteiger partial charge in [0.1, 0.15) is 0 Å². The molecule has 1 saturated heterocycles. The maximum Gasteiger partial charge on any atom is 0.220 e. The van der Waals surface area contributed by atoms with Gasteiger partial charge in [-0.15, -0.1) is 0 Å². The van der Waals surface area contributed by atoms with Gasteiger partial charge in [-0.3, -0.25) is 9.69 Å². The molecule has 3 rings (SSSR count). The topological polar surface area (TPSA) is 52.6 Å². The lowest BCUT2D eigenvalue weighted by atomic mass is 9.82. The summed E-state index contributed by atoms with van der Waals surface area (Å²) in [5, 5.41) is 13.0. The van der Waals surface area contributed by atoms with Gasteiger partial charge in [-0.2, -0.15) is 0 Å². The van der Waals surface area contributed by atoms with Gasteiger partial charge in [0.05, 0.1) is 6.10 Å². The van der Waals surface area contributed by atoms with E-state index in [1.165, 1.54) is 24.8 Å². The molecule has 1 aromatic rings. The average Bonchev–Trinajstić information content (AvgIpc) is 2.84. The number of amides is 1. The smallest absolute Gasteiger partial charge is 0.220 e. The molecule has 1 heterocycles. The molecule has 1 aliphatic carbocycles. The van der Waals surface area contributed by atoms with Crippen LogP contribution in [0.3, 0.4) is 0 Å². The van der Waals surface area contributed by atoms with E-state index in [2.05, 4.69) is 22.3 Å². The molecular formula is C19H28N2O2. The molecule has 1 aliphatic heterocycles. The second-order valence-electron chi connectivity index (χ2n) is 7.10. The number of hydrogen-bond donors (Lipinski definition) is 2. The first kappa shape index (κ1) is 16.5. The first-order valence-corrected chi connectivity index (χ1v) is 8.93. The van der Waals surface area contributed by atoms with Crippen LogP contribution in [-0.4, -0.2) is 41.1 Å². The summed E-state index contributed by atoms with van der Waals surface area (Å²) in [6, 6.07) is 10.6. The average molecular weight is 316 g/mol. The van der Waals surface area contributed by atoms with E-state index in [1.807, 2.05) is 18.2 Å². The predicted molar refractivity (Wildman–Crippen MR) is 90.8 cm³/mol. The number of aliphatic hydroxyl groups is 1. The highest BCUT2D eigenvalue weighted by Gasteiger charge is 2.31. The summed E-state index contributed by atoms with van der Waals surface area (Å²) < 4.78 is 0. The van der Waals surface area contributed by atoms with Crippen LogP contribution in [0.15, 0.2) is 30.3 Å². The van der Waals surface area contributed by atoms with Crippen molar-refractivity contribution in [2.45, 2.75) is 57.2 Å². The number of likely N-dealkylation sites (tertiary alicyclic amines) is 1. The van der Waals surface area contributed by atoms with Gasteiger partial charge >= 0.3 is 0 Å². The first-order chi connectivity index (χ1) is 11.2. The molecule has 2 N–H and O–H groups in total. The Morgan fingerprint density at radius 2 is 2.04 bits per heavy atom. The number of rotatable bonds is 7. The summed E-state index contributed by atoms with van der Waals surface area (Å²) >= 11 is 0. The van der Waals surface area contributed by atoms with Crippen LogP contribution < -0.4 is 5.32 Å². The predicted octanol–water partition coefficient (Wildman–Crippen LogP) is 2.32. The Bertz CT molecular complexity index is 501. The SMILES string of the molecule is O=C(CCC1CCC1)NCC1CC(O)CN1Cc1ccccc1. The van der Waals surface area contributed by atoms with Crippen LogP contribution in [-0.2, 0) is 11.3 Å². The van der Waals surface area contributed by atoms with Crippen molar-refractivity contribution in [1.82, 2.24) is 10.2 Å². The maximum atomic E-state index is 12.0. The molecule has 4 nitrogen and oxygen atoms in total. The van der Waals surface area contributed by atoms with Crippen LogP contribution in [0, 0.1) is 5.92 Å². The standard InChI is InChI=1S/C19H28N2O2/c22-18-11-17(12-20-19(23)10-9-15-7-4-8-15)21(14-18)13-16-5-2-1-3-6-16/h1-3,5-6,15,17-18,22H,4,7-14H2,(H,20,23). The van der Waals surface area contributed by atoms with Crippen molar-refractivity contribution in [3.63, 3.8) is 0 Å². The Morgan fingerprint density at radius 1 is 1.26 bits per heavy atom. The minimum absolute atomic E-state index is 0.165. The summed E-state index contributed by atoms with van der Waals surface area (Å²) in [6.07, 6.45) is 6.08. The first-order valence-electron chi connectivity index (χ1n) is 8.93. The molecule has 2 atom stereocenters. The highest BCUT2D eigenvalue weighted by Crippen LogP contribution is 2.30. The van der Waals surface area contributed by atoms with E-state index < -0.39 is 0 Å². The molecular weight excluding hydrogens is 288 g/mol. The van der Waals surface area contributed by atoms with Crippen molar-refractivity contribution in [3.8, 4) is 0 Å². The largest absolute Gasteiger partial charge is 0.392 e. The normalized spacial score (nSPS) is 25.3. The van der Waals surface area contributed by atoms with Crippen molar-refractivity contribution < 1.29 is 9.90 Å². The number of hydrogen-bond acceptors (Lipinski definition) is 3. The molecule has 2 unspecified atom stereocenters. The van der Waals surface area contributed by atoms with Crippen LogP contribution in [0.5, 0.6) is 0 Å². The molecule has 1 saturated carbocycles. The molecule has 126 valence electrons.